The number of anilines is 1. The highest BCUT2D eigenvalue weighted by Crippen LogP contribution is 2.25. The topological polar surface area (TPSA) is 58.0 Å². The quantitative estimate of drug-likeness (QED) is 0.811. The molecule has 1 aliphatic rings. The van der Waals surface area contributed by atoms with Crippen molar-refractivity contribution in [3.05, 3.63) is 18.0 Å². The number of aromatic nitrogens is 2. The summed E-state index contributed by atoms with van der Waals surface area (Å²) in [5.41, 5.74) is -0.00439. The highest BCUT2D eigenvalue weighted by molar-refractivity contribution is 7.09. The third kappa shape index (κ3) is 3.04. The van der Waals surface area contributed by atoms with Gasteiger partial charge >= 0.3 is 0 Å². The molecule has 1 aliphatic carbocycles. The van der Waals surface area contributed by atoms with Gasteiger partial charge in [0.2, 0.25) is 5.13 Å². The number of aliphatic hydroxyl groups is 1. The first-order chi connectivity index (χ1) is 7.99. The van der Waals surface area contributed by atoms with E-state index in [1.165, 1.54) is 11.5 Å². The van der Waals surface area contributed by atoms with Crippen LogP contribution in [0.3, 0.4) is 0 Å². The summed E-state index contributed by atoms with van der Waals surface area (Å²) >= 11 is 1.40. The fourth-order valence-corrected chi connectivity index (χ4v) is 2.58. The average molecular weight is 253 g/mol. The zero-order valence-electron chi connectivity index (χ0n) is 10.5. The first-order valence-electron chi connectivity index (χ1n) is 5.89. The van der Waals surface area contributed by atoms with Gasteiger partial charge in [-0.1, -0.05) is 32.9 Å². The van der Waals surface area contributed by atoms with Crippen molar-refractivity contribution in [2.75, 3.05) is 11.9 Å². The molecule has 94 valence electrons. The van der Waals surface area contributed by atoms with Crippen molar-refractivity contribution in [3.8, 4) is 0 Å². The highest BCUT2D eigenvalue weighted by atomic mass is 32.1. The second-order valence-corrected chi connectivity index (χ2v) is 6.24. The van der Waals surface area contributed by atoms with Crippen LogP contribution < -0.4 is 5.32 Å². The van der Waals surface area contributed by atoms with Crippen LogP contribution in [0.5, 0.6) is 0 Å². The van der Waals surface area contributed by atoms with Gasteiger partial charge in [0, 0.05) is 35.5 Å². The monoisotopic (exact) mass is 253 g/mol. The van der Waals surface area contributed by atoms with Crippen LogP contribution in [0.4, 0.5) is 5.13 Å². The third-order valence-electron chi connectivity index (χ3n) is 2.81. The van der Waals surface area contributed by atoms with Gasteiger partial charge in [-0.3, -0.25) is 0 Å². The maximum atomic E-state index is 9.06. The number of hydrogen-bond donors (Lipinski definition) is 2. The van der Waals surface area contributed by atoms with Crippen LogP contribution in [0.1, 0.15) is 33.0 Å². The van der Waals surface area contributed by atoms with Gasteiger partial charge in [-0.05, 0) is 6.42 Å². The van der Waals surface area contributed by atoms with Crippen LogP contribution in [0.25, 0.3) is 0 Å². The summed E-state index contributed by atoms with van der Waals surface area (Å²) in [5.74, 6) is 1.16. The fraction of sp³-hybridized carbons (Fsp3) is 0.667. The smallest absolute Gasteiger partial charge is 0.203 e. The van der Waals surface area contributed by atoms with Crippen molar-refractivity contribution < 1.29 is 5.11 Å². The molecule has 2 rings (SSSR count). The molecular weight excluding hydrogens is 234 g/mol. The van der Waals surface area contributed by atoms with Gasteiger partial charge in [0.15, 0.2) is 0 Å². The minimum atomic E-state index is -0.00439. The van der Waals surface area contributed by atoms with E-state index in [1.54, 1.807) is 0 Å². The minimum absolute atomic E-state index is 0.00439. The predicted octanol–water partition coefficient (Wildman–Crippen LogP) is 2.18. The molecule has 5 heteroatoms. The molecule has 1 aromatic heterocycles. The van der Waals surface area contributed by atoms with Gasteiger partial charge in [0.05, 0.1) is 0 Å². The third-order valence-corrected chi connectivity index (χ3v) is 3.46. The summed E-state index contributed by atoms with van der Waals surface area (Å²) < 4.78 is 4.36. The van der Waals surface area contributed by atoms with Crippen molar-refractivity contribution >= 4 is 16.7 Å². The molecule has 2 N–H and O–H groups in total. The molecular formula is C12H19N3OS. The van der Waals surface area contributed by atoms with E-state index in [9.17, 15) is 0 Å². The molecule has 0 saturated carbocycles. The molecule has 0 bridgehead atoms. The fourth-order valence-electron chi connectivity index (χ4n) is 1.76. The Bertz CT molecular complexity index is 408. The summed E-state index contributed by atoms with van der Waals surface area (Å²) in [5, 5.41) is 13.3. The summed E-state index contributed by atoms with van der Waals surface area (Å²) in [6, 6.07) is 0.271. The lowest BCUT2D eigenvalue weighted by atomic mass is 9.96. The number of nitrogens with one attached hydrogen (secondary N) is 1. The van der Waals surface area contributed by atoms with Crippen LogP contribution in [0.2, 0.25) is 0 Å². The van der Waals surface area contributed by atoms with E-state index in [0.29, 0.717) is 0 Å². The van der Waals surface area contributed by atoms with E-state index >= 15 is 0 Å². The van der Waals surface area contributed by atoms with Crippen molar-refractivity contribution in [3.63, 3.8) is 0 Å². The molecule has 4 nitrogen and oxygen atoms in total. The second-order valence-electron chi connectivity index (χ2n) is 5.49. The van der Waals surface area contributed by atoms with Gasteiger partial charge in [0.1, 0.15) is 5.82 Å². The Morgan fingerprint density at radius 1 is 1.47 bits per heavy atom. The normalized spacial score (nSPS) is 24.2. The number of aliphatic hydroxyl groups excluding tert-OH is 1. The Kier molecular flexibility index (Phi) is 3.49. The Balaban J connectivity index is 1.97. The Labute approximate surface area is 106 Å². The lowest BCUT2D eigenvalue weighted by Crippen LogP contribution is -2.17. The van der Waals surface area contributed by atoms with E-state index in [2.05, 4.69) is 47.6 Å². The van der Waals surface area contributed by atoms with Gasteiger partial charge in [-0.25, -0.2) is 4.98 Å². The lowest BCUT2D eigenvalue weighted by molar-refractivity contribution is 0.250. The van der Waals surface area contributed by atoms with Gasteiger partial charge < -0.3 is 10.4 Å². The van der Waals surface area contributed by atoms with Crippen molar-refractivity contribution in [1.82, 2.24) is 9.36 Å². The summed E-state index contributed by atoms with van der Waals surface area (Å²) in [7, 11) is 0. The second kappa shape index (κ2) is 4.74. The summed E-state index contributed by atoms with van der Waals surface area (Å²) in [6.07, 6.45) is 5.09. The van der Waals surface area contributed by atoms with Crippen LogP contribution in [0, 0.1) is 5.92 Å². The summed E-state index contributed by atoms with van der Waals surface area (Å²) in [6.45, 7) is 6.54. The zero-order chi connectivity index (χ0) is 12.5. The lowest BCUT2D eigenvalue weighted by Gasteiger charge is -2.13. The molecule has 0 spiro atoms. The number of rotatable bonds is 3. The number of nitrogens with zero attached hydrogens (tertiary/aromatic N) is 2. The van der Waals surface area contributed by atoms with Crippen molar-refractivity contribution in [2.24, 2.45) is 5.92 Å². The Morgan fingerprint density at radius 2 is 2.24 bits per heavy atom. The van der Waals surface area contributed by atoms with E-state index in [0.717, 1.165) is 17.4 Å². The molecule has 0 saturated heterocycles. The Hall–Kier alpha value is -0.940. The molecule has 17 heavy (non-hydrogen) atoms. The van der Waals surface area contributed by atoms with Crippen molar-refractivity contribution in [2.45, 2.75) is 38.6 Å². The predicted molar refractivity (Wildman–Crippen MR) is 70.4 cm³/mol. The van der Waals surface area contributed by atoms with Crippen LogP contribution in [0.15, 0.2) is 12.2 Å². The first kappa shape index (κ1) is 12.5. The van der Waals surface area contributed by atoms with Gasteiger partial charge in [0.25, 0.3) is 0 Å². The maximum Gasteiger partial charge on any atom is 0.203 e. The van der Waals surface area contributed by atoms with Gasteiger partial charge in [-0.2, -0.15) is 4.37 Å². The summed E-state index contributed by atoms with van der Waals surface area (Å²) in [4.78, 5) is 4.50. The number of hydrogen-bond acceptors (Lipinski definition) is 5. The van der Waals surface area contributed by atoms with Crippen LogP contribution in [-0.4, -0.2) is 27.1 Å². The molecule has 0 aromatic carbocycles. The standard InChI is InChI=1S/C12H19N3OS/c1-12(2,3)10-14-11(17-15-10)13-9-5-4-8(6-9)7-16/h4-5,8-9,16H,6-7H2,1-3H3,(H,13,14,15)/t8-,9+/m1/s1. The molecule has 0 amide bonds. The molecule has 0 fully saturated rings. The Morgan fingerprint density at radius 3 is 2.76 bits per heavy atom. The van der Waals surface area contributed by atoms with Gasteiger partial charge in [-0.15, -0.1) is 0 Å². The molecule has 0 aliphatic heterocycles. The SMILES string of the molecule is CC(C)(C)c1nsc(N[C@H]2C=C[C@@H](CO)C2)n1. The van der Waals surface area contributed by atoms with Crippen molar-refractivity contribution in [1.29, 1.82) is 0 Å². The zero-order valence-corrected chi connectivity index (χ0v) is 11.3. The molecule has 1 aromatic rings. The van der Waals surface area contributed by atoms with Crippen LogP contribution >= 0.6 is 11.5 Å². The molecule has 1 heterocycles. The molecule has 0 radical (unpaired) electrons. The van der Waals surface area contributed by atoms with E-state index in [4.69, 9.17) is 5.11 Å². The maximum absolute atomic E-state index is 9.06. The highest BCUT2D eigenvalue weighted by Gasteiger charge is 2.22. The largest absolute Gasteiger partial charge is 0.396 e. The van der Waals surface area contributed by atoms with Crippen LogP contribution in [-0.2, 0) is 5.41 Å². The minimum Gasteiger partial charge on any atom is -0.396 e. The molecule has 2 atom stereocenters. The van der Waals surface area contributed by atoms with E-state index in [1.807, 2.05) is 0 Å². The average Bonchev–Trinajstić information content (AvgIpc) is 2.86. The first-order valence-corrected chi connectivity index (χ1v) is 6.66. The molecule has 0 unspecified atom stereocenters. The van der Waals surface area contributed by atoms with E-state index < -0.39 is 0 Å². The van der Waals surface area contributed by atoms with E-state index in [-0.39, 0.29) is 24.0 Å².